The predicted octanol–water partition coefficient (Wildman–Crippen LogP) is 3.36. The highest BCUT2D eigenvalue weighted by atomic mass is 16.5. The van der Waals surface area contributed by atoms with E-state index in [1.54, 1.807) is 11.1 Å². The van der Waals surface area contributed by atoms with Crippen LogP contribution in [0.4, 0.5) is 0 Å². The highest BCUT2D eigenvalue weighted by molar-refractivity contribution is 5.91. The van der Waals surface area contributed by atoms with E-state index in [1.165, 1.54) is 43.9 Å². The molecule has 0 saturated heterocycles. The molecule has 0 aromatic heterocycles. The second kappa shape index (κ2) is 4.02. The largest absolute Gasteiger partial charge is 0.465 e. The number of ether oxygens (including phenoxy) is 1. The van der Waals surface area contributed by atoms with Gasteiger partial charge in [-0.1, -0.05) is 11.6 Å². The molecule has 0 bridgehead atoms. The molecule has 0 N–H and O–H groups in total. The molecule has 88 valence electrons. The Morgan fingerprint density at radius 2 is 2.06 bits per heavy atom. The van der Waals surface area contributed by atoms with Crippen LogP contribution in [0.3, 0.4) is 0 Å². The normalized spacial score (nSPS) is 17.7. The van der Waals surface area contributed by atoms with Crippen molar-refractivity contribution in [1.82, 2.24) is 0 Å². The molecule has 2 aliphatic rings. The molecule has 2 heteroatoms. The van der Waals surface area contributed by atoms with Gasteiger partial charge in [0.15, 0.2) is 0 Å². The van der Waals surface area contributed by atoms with Crippen LogP contribution in [0, 0.1) is 0 Å². The molecule has 3 rings (SSSR count). The minimum Gasteiger partial charge on any atom is -0.465 e. The molecular formula is C15H16O2. The number of carbonyl (C=O) groups is 1. The van der Waals surface area contributed by atoms with Crippen molar-refractivity contribution in [1.29, 1.82) is 0 Å². The third kappa shape index (κ3) is 1.68. The summed E-state index contributed by atoms with van der Waals surface area (Å²) in [6, 6.07) is 5.98. The average Bonchev–Trinajstić information content (AvgIpc) is 2.75. The van der Waals surface area contributed by atoms with Gasteiger partial charge in [-0.05, 0) is 60.9 Å². The van der Waals surface area contributed by atoms with Crippen LogP contribution in [0.1, 0.15) is 47.2 Å². The fourth-order valence-electron chi connectivity index (χ4n) is 3.00. The van der Waals surface area contributed by atoms with Crippen LogP contribution in [0.15, 0.2) is 23.8 Å². The fraction of sp³-hybridized carbons (Fsp3) is 0.400. The summed E-state index contributed by atoms with van der Waals surface area (Å²) in [7, 11) is 1.43. The van der Waals surface area contributed by atoms with Crippen LogP contribution in [-0.2, 0) is 11.2 Å². The number of allylic oxidation sites excluding steroid dienone is 2. The third-order valence-corrected chi connectivity index (χ3v) is 3.84. The molecule has 0 spiro atoms. The molecule has 1 aromatic rings. The van der Waals surface area contributed by atoms with Crippen molar-refractivity contribution in [3.8, 4) is 0 Å². The maximum atomic E-state index is 11.5. The van der Waals surface area contributed by atoms with Gasteiger partial charge in [0.05, 0.1) is 12.7 Å². The standard InChI is InChI=1S/C15H16O2/c1-17-15(16)11-6-7-14-12(9-11)8-10-4-2-3-5-13(10)14/h6-7,9H,2-5,8H2,1H3. The monoisotopic (exact) mass is 228 g/mol. The lowest BCUT2D eigenvalue weighted by atomic mass is 9.92. The second-order valence-electron chi connectivity index (χ2n) is 4.83. The molecule has 0 saturated carbocycles. The van der Waals surface area contributed by atoms with Crippen molar-refractivity contribution in [3.63, 3.8) is 0 Å². The summed E-state index contributed by atoms with van der Waals surface area (Å²) in [4.78, 5) is 11.5. The van der Waals surface area contributed by atoms with Crippen LogP contribution < -0.4 is 0 Å². The van der Waals surface area contributed by atoms with Crippen molar-refractivity contribution >= 4 is 11.5 Å². The maximum absolute atomic E-state index is 11.5. The number of esters is 1. The van der Waals surface area contributed by atoms with Gasteiger partial charge in [-0.25, -0.2) is 4.79 Å². The van der Waals surface area contributed by atoms with Crippen LogP contribution >= 0.6 is 0 Å². The Kier molecular flexibility index (Phi) is 2.50. The molecule has 0 radical (unpaired) electrons. The molecule has 0 unspecified atom stereocenters. The first kappa shape index (κ1) is 10.6. The van der Waals surface area contributed by atoms with Gasteiger partial charge in [-0.15, -0.1) is 0 Å². The third-order valence-electron chi connectivity index (χ3n) is 3.84. The Labute approximate surface area is 101 Å². The van der Waals surface area contributed by atoms with E-state index >= 15 is 0 Å². The molecule has 0 fully saturated rings. The zero-order valence-corrected chi connectivity index (χ0v) is 10.1. The minimum absolute atomic E-state index is 0.238. The topological polar surface area (TPSA) is 26.3 Å². The molecule has 0 atom stereocenters. The minimum atomic E-state index is -0.238. The van der Waals surface area contributed by atoms with Crippen LogP contribution in [0.2, 0.25) is 0 Å². The van der Waals surface area contributed by atoms with Gasteiger partial charge in [0, 0.05) is 0 Å². The highest BCUT2D eigenvalue weighted by Gasteiger charge is 2.24. The SMILES string of the molecule is COC(=O)c1ccc2c(c1)CC1=C2CCCC1. The summed E-state index contributed by atoms with van der Waals surface area (Å²) in [5.41, 5.74) is 6.48. The predicted molar refractivity (Wildman–Crippen MR) is 66.9 cm³/mol. The van der Waals surface area contributed by atoms with Gasteiger partial charge in [0.25, 0.3) is 0 Å². The Balaban J connectivity index is 1.98. The van der Waals surface area contributed by atoms with Gasteiger partial charge < -0.3 is 4.74 Å². The van der Waals surface area contributed by atoms with Crippen molar-refractivity contribution in [2.75, 3.05) is 7.11 Å². The summed E-state index contributed by atoms with van der Waals surface area (Å²) in [6.07, 6.45) is 6.10. The van der Waals surface area contributed by atoms with E-state index in [9.17, 15) is 4.79 Å². The molecule has 1 aromatic carbocycles. The van der Waals surface area contributed by atoms with Gasteiger partial charge in [0.2, 0.25) is 0 Å². The van der Waals surface area contributed by atoms with E-state index < -0.39 is 0 Å². The van der Waals surface area contributed by atoms with E-state index in [-0.39, 0.29) is 5.97 Å². The van der Waals surface area contributed by atoms with Gasteiger partial charge in [-0.3, -0.25) is 0 Å². The molecule has 17 heavy (non-hydrogen) atoms. The van der Waals surface area contributed by atoms with E-state index in [1.807, 2.05) is 12.1 Å². The summed E-state index contributed by atoms with van der Waals surface area (Å²) in [5.74, 6) is -0.238. The molecular weight excluding hydrogens is 212 g/mol. The fourth-order valence-corrected chi connectivity index (χ4v) is 3.00. The first-order valence-corrected chi connectivity index (χ1v) is 6.22. The number of carbonyl (C=O) groups excluding carboxylic acids is 1. The number of methoxy groups -OCH3 is 1. The zero-order valence-electron chi connectivity index (χ0n) is 10.1. The Morgan fingerprint density at radius 3 is 2.88 bits per heavy atom. The highest BCUT2D eigenvalue weighted by Crippen LogP contribution is 2.41. The lowest BCUT2D eigenvalue weighted by Crippen LogP contribution is -2.02. The smallest absolute Gasteiger partial charge is 0.337 e. The first-order valence-electron chi connectivity index (χ1n) is 6.22. The van der Waals surface area contributed by atoms with Crippen molar-refractivity contribution < 1.29 is 9.53 Å². The number of hydrogen-bond acceptors (Lipinski definition) is 2. The van der Waals surface area contributed by atoms with E-state index in [0.29, 0.717) is 5.56 Å². The number of hydrogen-bond donors (Lipinski definition) is 0. The summed E-state index contributed by atoms with van der Waals surface area (Å²) in [6.45, 7) is 0. The summed E-state index contributed by atoms with van der Waals surface area (Å²) < 4.78 is 4.76. The Bertz CT molecular complexity index is 512. The van der Waals surface area contributed by atoms with E-state index in [4.69, 9.17) is 4.74 Å². The number of rotatable bonds is 1. The average molecular weight is 228 g/mol. The van der Waals surface area contributed by atoms with Crippen molar-refractivity contribution in [2.24, 2.45) is 0 Å². The molecule has 0 amide bonds. The Hall–Kier alpha value is -1.57. The van der Waals surface area contributed by atoms with Gasteiger partial charge in [0.1, 0.15) is 0 Å². The summed E-state index contributed by atoms with van der Waals surface area (Å²) >= 11 is 0. The first-order chi connectivity index (χ1) is 8.29. The lowest BCUT2D eigenvalue weighted by Gasteiger charge is -2.13. The van der Waals surface area contributed by atoms with E-state index in [2.05, 4.69) is 6.07 Å². The molecule has 0 heterocycles. The zero-order chi connectivity index (χ0) is 11.8. The lowest BCUT2D eigenvalue weighted by molar-refractivity contribution is 0.0600. The quantitative estimate of drug-likeness (QED) is 0.689. The second-order valence-corrected chi connectivity index (χ2v) is 4.83. The maximum Gasteiger partial charge on any atom is 0.337 e. The molecule has 2 aliphatic carbocycles. The van der Waals surface area contributed by atoms with Crippen LogP contribution in [-0.4, -0.2) is 13.1 Å². The van der Waals surface area contributed by atoms with Crippen molar-refractivity contribution in [3.05, 3.63) is 40.5 Å². The number of benzene rings is 1. The molecule has 0 aliphatic heterocycles. The van der Waals surface area contributed by atoms with Gasteiger partial charge in [-0.2, -0.15) is 0 Å². The van der Waals surface area contributed by atoms with E-state index in [0.717, 1.165) is 6.42 Å². The summed E-state index contributed by atoms with van der Waals surface area (Å²) in [5, 5.41) is 0. The van der Waals surface area contributed by atoms with Crippen molar-refractivity contribution in [2.45, 2.75) is 32.1 Å². The molecule has 2 nitrogen and oxygen atoms in total. The van der Waals surface area contributed by atoms with Gasteiger partial charge >= 0.3 is 5.97 Å². The Morgan fingerprint density at radius 1 is 1.24 bits per heavy atom. The van der Waals surface area contributed by atoms with Crippen LogP contribution in [0.5, 0.6) is 0 Å². The number of fused-ring (bicyclic) bond motifs is 2. The van der Waals surface area contributed by atoms with Crippen LogP contribution in [0.25, 0.3) is 5.57 Å².